The highest BCUT2D eigenvalue weighted by atomic mass is 16.5. The molecule has 150 valence electrons. The molecule has 2 atom stereocenters. The number of rotatable bonds is 18. The molecule has 0 saturated carbocycles. The van der Waals surface area contributed by atoms with Gasteiger partial charge in [0, 0.05) is 19.6 Å². The minimum Gasteiger partial charge on any atom is -0.463 e. The van der Waals surface area contributed by atoms with E-state index in [-0.39, 0.29) is 12.1 Å². The van der Waals surface area contributed by atoms with Crippen LogP contribution in [0.5, 0.6) is 0 Å². The monoisotopic (exact) mass is 358 g/mol. The molecule has 0 aliphatic heterocycles. The van der Waals surface area contributed by atoms with Crippen LogP contribution in [-0.4, -0.2) is 38.5 Å². The first-order chi connectivity index (χ1) is 12.1. The van der Waals surface area contributed by atoms with Gasteiger partial charge in [-0.3, -0.25) is 4.79 Å². The van der Waals surface area contributed by atoms with Crippen LogP contribution in [0.4, 0.5) is 0 Å². The largest absolute Gasteiger partial charge is 0.463 e. The summed E-state index contributed by atoms with van der Waals surface area (Å²) >= 11 is 0. The Hall–Kier alpha value is -0.610. The summed E-state index contributed by atoms with van der Waals surface area (Å²) in [4.78, 5) is 11.7. The Labute approximate surface area is 156 Å². The highest BCUT2D eigenvalue weighted by Gasteiger charge is 2.09. The molecule has 0 radical (unpaired) electrons. The smallest absolute Gasteiger partial charge is 0.306 e. The third-order valence-corrected chi connectivity index (χ3v) is 4.49. The van der Waals surface area contributed by atoms with Gasteiger partial charge in [0.25, 0.3) is 0 Å². The van der Waals surface area contributed by atoms with Crippen molar-refractivity contribution in [2.24, 2.45) is 5.92 Å². The highest BCUT2D eigenvalue weighted by Crippen LogP contribution is 2.12. The van der Waals surface area contributed by atoms with Crippen LogP contribution in [0.15, 0.2) is 0 Å². The van der Waals surface area contributed by atoms with E-state index in [4.69, 9.17) is 14.2 Å². The Kier molecular flexibility index (Phi) is 17.7. The molecule has 0 rings (SSSR count). The van der Waals surface area contributed by atoms with Crippen LogP contribution in [0, 0.1) is 5.92 Å². The summed E-state index contributed by atoms with van der Waals surface area (Å²) in [5, 5.41) is 0. The van der Waals surface area contributed by atoms with Gasteiger partial charge in [-0.05, 0) is 38.5 Å². The SMILES string of the molecule is CCCCCC(C)OC(=O)CCCOCCOCC(CC)CCCC. The third kappa shape index (κ3) is 16.6. The van der Waals surface area contributed by atoms with Gasteiger partial charge in [-0.2, -0.15) is 0 Å². The van der Waals surface area contributed by atoms with Gasteiger partial charge in [0.2, 0.25) is 0 Å². The Morgan fingerprint density at radius 1 is 0.840 bits per heavy atom. The second-order valence-corrected chi connectivity index (χ2v) is 7.00. The molecule has 0 amide bonds. The summed E-state index contributed by atoms with van der Waals surface area (Å²) in [6.45, 7) is 11.3. The lowest BCUT2D eigenvalue weighted by atomic mass is 10.0. The van der Waals surface area contributed by atoms with E-state index in [1.165, 1.54) is 38.5 Å². The van der Waals surface area contributed by atoms with E-state index in [9.17, 15) is 4.79 Å². The number of ether oxygens (including phenoxy) is 3. The van der Waals surface area contributed by atoms with E-state index in [0.29, 0.717) is 38.6 Å². The first-order valence-electron chi connectivity index (χ1n) is 10.5. The van der Waals surface area contributed by atoms with Gasteiger partial charge < -0.3 is 14.2 Å². The fourth-order valence-electron chi connectivity index (χ4n) is 2.71. The minimum absolute atomic E-state index is 0.0348. The van der Waals surface area contributed by atoms with Crippen molar-refractivity contribution in [1.29, 1.82) is 0 Å². The zero-order valence-corrected chi connectivity index (χ0v) is 17.2. The van der Waals surface area contributed by atoms with Crippen LogP contribution < -0.4 is 0 Å². The summed E-state index contributed by atoms with van der Waals surface area (Å²) in [5.74, 6) is 0.569. The van der Waals surface area contributed by atoms with E-state index < -0.39 is 0 Å². The molecular formula is C21H42O4. The summed E-state index contributed by atoms with van der Waals surface area (Å²) in [5.41, 5.74) is 0. The predicted molar refractivity (Wildman–Crippen MR) is 104 cm³/mol. The molecule has 2 unspecified atom stereocenters. The van der Waals surface area contributed by atoms with Crippen LogP contribution in [-0.2, 0) is 19.0 Å². The fraction of sp³-hybridized carbons (Fsp3) is 0.952. The summed E-state index contributed by atoms with van der Waals surface area (Å²) in [6, 6.07) is 0. The van der Waals surface area contributed by atoms with Gasteiger partial charge in [-0.25, -0.2) is 0 Å². The van der Waals surface area contributed by atoms with Crippen molar-refractivity contribution in [3.63, 3.8) is 0 Å². The summed E-state index contributed by atoms with van der Waals surface area (Å²) in [6.07, 6.45) is 10.7. The maximum atomic E-state index is 11.7. The van der Waals surface area contributed by atoms with Crippen molar-refractivity contribution in [1.82, 2.24) is 0 Å². The molecular weight excluding hydrogens is 316 g/mol. The predicted octanol–water partition coefficient (Wildman–Crippen LogP) is 5.53. The van der Waals surface area contributed by atoms with Crippen molar-refractivity contribution in [2.45, 2.75) is 98.0 Å². The average Bonchev–Trinajstić information content (AvgIpc) is 2.60. The van der Waals surface area contributed by atoms with Crippen molar-refractivity contribution >= 4 is 5.97 Å². The van der Waals surface area contributed by atoms with Crippen molar-refractivity contribution in [3.05, 3.63) is 0 Å². The molecule has 0 aliphatic rings. The number of carbonyl (C=O) groups is 1. The van der Waals surface area contributed by atoms with E-state index >= 15 is 0 Å². The van der Waals surface area contributed by atoms with E-state index in [0.717, 1.165) is 19.4 Å². The lowest BCUT2D eigenvalue weighted by Gasteiger charge is -2.14. The van der Waals surface area contributed by atoms with Crippen LogP contribution in [0.2, 0.25) is 0 Å². The molecule has 4 heteroatoms. The van der Waals surface area contributed by atoms with Gasteiger partial charge in [-0.1, -0.05) is 52.9 Å². The molecule has 25 heavy (non-hydrogen) atoms. The Balaban J connectivity index is 3.43. The van der Waals surface area contributed by atoms with Crippen LogP contribution >= 0.6 is 0 Å². The lowest BCUT2D eigenvalue weighted by Crippen LogP contribution is -2.16. The Morgan fingerprint density at radius 2 is 1.56 bits per heavy atom. The molecule has 0 aromatic heterocycles. The van der Waals surface area contributed by atoms with Crippen molar-refractivity contribution in [3.8, 4) is 0 Å². The van der Waals surface area contributed by atoms with Gasteiger partial charge in [-0.15, -0.1) is 0 Å². The number of hydrogen-bond acceptors (Lipinski definition) is 4. The standard InChI is InChI=1S/C21H42O4/c1-5-8-10-12-19(4)25-21(22)14-11-15-23-16-17-24-18-20(7-3)13-9-6-2/h19-20H,5-18H2,1-4H3. The second kappa shape index (κ2) is 18.2. The van der Waals surface area contributed by atoms with E-state index in [2.05, 4.69) is 20.8 Å². The molecule has 4 nitrogen and oxygen atoms in total. The topological polar surface area (TPSA) is 44.8 Å². The lowest BCUT2D eigenvalue weighted by molar-refractivity contribution is -0.148. The fourth-order valence-corrected chi connectivity index (χ4v) is 2.71. The number of hydrogen-bond donors (Lipinski definition) is 0. The highest BCUT2D eigenvalue weighted by molar-refractivity contribution is 5.69. The molecule has 0 heterocycles. The van der Waals surface area contributed by atoms with Gasteiger partial charge in [0.15, 0.2) is 0 Å². The first-order valence-corrected chi connectivity index (χ1v) is 10.5. The molecule has 0 saturated heterocycles. The third-order valence-electron chi connectivity index (χ3n) is 4.49. The number of esters is 1. The molecule has 0 spiro atoms. The van der Waals surface area contributed by atoms with Crippen LogP contribution in [0.25, 0.3) is 0 Å². The molecule has 0 aromatic rings. The Bertz CT molecular complexity index is 294. The second-order valence-electron chi connectivity index (χ2n) is 7.00. The number of carbonyl (C=O) groups excluding carboxylic acids is 1. The van der Waals surface area contributed by atoms with Crippen molar-refractivity contribution < 1.29 is 19.0 Å². The molecule has 0 N–H and O–H groups in total. The summed E-state index contributed by atoms with van der Waals surface area (Å²) in [7, 11) is 0. The van der Waals surface area contributed by atoms with Gasteiger partial charge in [0.1, 0.15) is 0 Å². The first kappa shape index (κ1) is 24.4. The molecule has 0 fully saturated rings. The van der Waals surface area contributed by atoms with E-state index in [1.807, 2.05) is 6.92 Å². The number of unbranched alkanes of at least 4 members (excludes halogenated alkanes) is 3. The zero-order valence-electron chi connectivity index (χ0n) is 17.2. The quantitative estimate of drug-likeness (QED) is 0.239. The van der Waals surface area contributed by atoms with Gasteiger partial charge >= 0.3 is 5.97 Å². The summed E-state index contributed by atoms with van der Waals surface area (Å²) < 4.78 is 16.6. The van der Waals surface area contributed by atoms with Crippen LogP contribution in [0.1, 0.15) is 91.9 Å². The average molecular weight is 359 g/mol. The molecule has 0 aromatic carbocycles. The van der Waals surface area contributed by atoms with Gasteiger partial charge in [0.05, 0.1) is 19.3 Å². The molecule has 0 bridgehead atoms. The van der Waals surface area contributed by atoms with Crippen LogP contribution in [0.3, 0.4) is 0 Å². The van der Waals surface area contributed by atoms with Crippen molar-refractivity contribution in [2.75, 3.05) is 26.4 Å². The molecule has 0 aliphatic carbocycles. The normalized spacial score (nSPS) is 13.6. The zero-order chi connectivity index (χ0) is 18.8. The Morgan fingerprint density at radius 3 is 2.24 bits per heavy atom. The maximum Gasteiger partial charge on any atom is 0.306 e. The minimum atomic E-state index is -0.106. The van der Waals surface area contributed by atoms with E-state index in [1.54, 1.807) is 0 Å². The maximum absolute atomic E-state index is 11.7.